The highest BCUT2D eigenvalue weighted by molar-refractivity contribution is 7.80. The van der Waals surface area contributed by atoms with E-state index in [9.17, 15) is 19.5 Å². The number of esters is 1. The van der Waals surface area contributed by atoms with Gasteiger partial charge in [0, 0.05) is 16.8 Å². The van der Waals surface area contributed by atoms with Gasteiger partial charge < -0.3 is 29.6 Å². The highest BCUT2D eigenvalue weighted by Crippen LogP contribution is 2.33. The van der Waals surface area contributed by atoms with Gasteiger partial charge in [-0.1, -0.05) is 30.3 Å². The summed E-state index contributed by atoms with van der Waals surface area (Å²) in [5.74, 6) is -0.849. The zero-order valence-corrected chi connectivity index (χ0v) is 23.3. The van der Waals surface area contributed by atoms with E-state index in [-0.39, 0.29) is 18.8 Å². The molecule has 1 aliphatic rings. The minimum atomic E-state index is -1.02. The first kappa shape index (κ1) is 29.0. The van der Waals surface area contributed by atoms with E-state index in [0.29, 0.717) is 50.3 Å². The van der Waals surface area contributed by atoms with E-state index in [2.05, 4.69) is 21.2 Å². The highest BCUT2D eigenvalue weighted by Gasteiger charge is 2.32. The van der Waals surface area contributed by atoms with Crippen LogP contribution in [0.1, 0.15) is 47.1 Å². The Morgan fingerprint density at radius 3 is 2.66 bits per heavy atom. The molecule has 0 bridgehead atoms. The van der Waals surface area contributed by atoms with Crippen LogP contribution in [0.25, 0.3) is 11.3 Å². The second-order valence-corrected chi connectivity index (χ2v) is 9.30. The number of carbonyl (C=O) groups is 3. The molecule has 0 saturated heterocycles. The number of thiocarbonyl (C=S) groups is 1. The Labute approximate surface area is 241 Å². The van der Waals surface area contributed by atoms with Gasteiger partial charge in [0.25, 0.3) is 5.91 Å². The van der Waals surface area contributed by atoms with Crippen LogP contribution in [0.2, 0.25) is 0 Å². The first-order chi connectivity index (χ1) is 19.7. The lowest BCUT2D eigenvalue weighted by atomic mass is 9.95. The number of aromatic carboxylic acids is 1. The fourth-order valence-electron chi connectivity index (χ4n) is 4.30. The van der Waals surface area contributed by atoms with Crippen molar-refractivity contribution in [1.29, 1.82) is 0 Å². The first-order valence-electron chi connectivity index (χ1n) is 12.6. The zero-order valence-electron chi connectivity index (χ0n) is 22.5. The maximum absolute atomic E-state index is 12.7. The monoisotopic (exact) mass is 576 g/mol. The lowest BCUT2D eigenvalue weighted by Gasteiger charge is -2.30. The lowest BCUT2D eigenvalue weighted by molar-refractivity contribution is -0.139. The van der Waals surface area contributed by atoms with Crippen LogP contribution in [0.3, 0.4) is 0 Å². The molecule has 0 fully saturated rings. The summed E-state index contributed by atoms with van der Waals surface area (Å²) in [6, 6.07) is 14.6. The standard InChI is InChI=1S/C29H28N4O7S/c1-4-38-28(37)25-17(3)31-29(41)32-26(25)21-8-5-6-11-22(21)39-15-24(34)33-30-14-18-12-13-23(40-18)19-9-7-10-20(16(19)2)27(35)36/h5-14,26H,4,15H2,1-3H3,(H,33,34)(H,35,36)(H2,31,32,41)/t26-/m0/s1. The van der Waals surface area contributed by atoms with Crippen molar-refractivity contribution in [2.45, 2.75) is 26.8 Å². The van der Waals surface area contributed by atoms with Crippen LogP contribution in [-0.2, 0) is 14.3 Å². The molecule has 41 heavy (non-hydrogen) atoms. The van der Waals surface area contributed by atoms with Crippen molar-refractivity contribution in [3.05, 3.63) is 88.3 Å². The molecule has 0 unspecified atom stereocenters. The number of carboxylic acid groups (broad SMARTS) is 1. The first-order valence-corrected chi connectivity index (χ1v) is 13.0. The van der Waals surface area contributed by atoms with E-state index < -0.39 is 23.9 Å². The SMILES string of the molecule is CCOC(=O)C1=C(C)NC(=S)N[C@H]1c1ccccc1OCC(=O)NN=Cc1ccc(-c2cccc(C(=O)O)c2C)o1. The van der Waals surface area contributed by atoms with Gasteiger partial charge in [-0.25, -0.2) is 15.0 Å². The number of nitrogens with one attached hydrogen (secondary N) is 3. The van der Waals surface area contributed by atoms with Crippen LogP contribution in [0.15, 0.2) is 75.4 Å². The molecule has 2 aromatic carbocycles. The predicted molar refractivity (Wildman–Crippen MR) is 154 cm³/mol. The number of rotatable bonds is 10. The average Bonchev–Trinajstić information content (AvgIpc) is 3.40. The number of allylic oxidation sites excluding steroid dienone is 1. The second kappa shape index (κ2) is 12.9. The number of hydrogen-bond donors (Lipinski definition) is 4. The Kier molecular flexibility index (Phi) is 9.15. The summed E-state index contributed by atoms with van der Waals surface area (Å²) < 4.78 is 16.8. The Morgan fingerprint density at radius 1 is 1.12 bits per heavy atom. The molecule has 3 aromatic rings. The molecule has 0 saturated carbocycles. The van der Waals surface area contributed by atoms with Crippen LogP contribution in [-0.4, -0.2) is 47.5 Å². The fraction of sp³-hybridized carbons (Fsp3) is 0.207. The Balaban J connectivity index is 1.41. The summed E-state index contributed by atoms with van der Waals surface area (Å²) in [6.07, 6.45) is 1.32. The minimum Gasteiger partial charge on any atom is -0.483 e. The quantitative estimate of drug-likeness (QED) is 0.121. The lowest BCUT2D eigenvalue weighted by Crippen LogP contribution is -2.45. The van der Waals surface area contributed by atoms with Gasteiger partial charge in [-0.3, -0.25) is 4.79 Å². The van der Waals surface area contributed by atoms with E-state index in [1.165, 1.54) is 12.3 Å². The molecule has 12 heteroatoms. The number of hydrogen-bond acceptors (Lipinski definition) is 8. The number of nitrogens with zero attached hydrogens (tertiary/aromatic N) is 1. The number of furan rings is 1. The molecule has 4 N–H and O–H groups in total. The molecule has 0 aliphatic carbocycles. The predicted octanol–water partition coefficient (Wildman–Crippen LogP) is 3.84. The van der Waals surface area contributed by atoms with Gasteiger partial charge in [-0.15, -0.1) is 0 Å². The van der Waals surface area contributed by atoms with E-state index in [1.54, 1.807) is 69.3 Å². The molecular formula is C29H28N4O7S. The van der Waals surface area contributed by atoms with Crippen molar-refractivity contribution in [2.75, 3.05) is 13.2 Å². The third-order valence-corrected chi connectivity index (χ3v) is 6.41. The molecule has 2 heterocycles. The van der Waals surface area contributed by atoms with Gasteiger partial charge >= 0.3 is 11.9 Å². The maximum atomic E-state index is 12.7. The van der Waals surface area contributed by atoms with Crippen LogP contribution in [0, 0.1) is 6.92 Å². The van der Waals surface area contributed by atoms with Crippen molar-refractivity contribution >= 4 is 41.4 Å². The van der Waals surface area contributed by atoms with Crippen molar-refractivity contribution in [3.63, 3.8) is 0 Å². The summed E-state index contributed by atoms with van der Waals surface area (Å²) in [5.41, 5.74) is 5.29. The van der Waals surface area contributed by atoms with E-state index >= 15 is 0 Å². The van der Waals surface area contributed by atoms with E-state index in [4.69, 9.17) is 26.1 Å². The van der Waals surface area contributed by atoms with Gasteiger partial charge in [0.2, 0.25) is 0 Å². The molecule has 0 spiro atoms. The summed E-state index contributed by atoms with van der Waals surface area (Å²) in [4.78, 5) is 36.6. The molecule has 212 valence electrons. The summed E-state index contributed by atoms with van der Waals surface area (Å²) in [7, 11) is 0. The van der Waals surface area contributed by atoms with Crippen molar-refractivity contribution in [3.8, 4) is 17.1 Å². The third-order valence-electron chi connectivity index (χ3n) is 6.19. The minimum absolute atomic E-state index is 0.185. The van der Waals surface area contributed by atoms with Crippen LogP contribution in [0.5, 0.6) is 5.75 Å². The molecule has 1 atom stereocenters. The number of para-hydroxylation sites is 1. The van der Waals surface area contributed by atoms with Gasteiger partial charge in [0.05, 0.1) is 30.0 Å². The van der Waals surface area contributed by atoms with Crippen molar-refractivity contribution < 1.29 is 33.4 Å². The molecule has 11 nitrogen and oxygen atoms in total. The normalized spacial score (nSPS) is 14.8. The highest BCUT2D eigenvalue weighted by atomic mass is 32.1. The summed E-state index contributed by atoms with van der Waals surface area (Å²) in [6.45, 7) is 5.02. The number of hydrazone groups is 1. The third kappa shape index (κ3) is 6.79. The second-order valence-electron chi connectivity index (χ2n) is 8.90. The van der Waals surface area contributed by atoms with E-state index in [1.807, 2.05) is 0 Å². The smallest absolute Gasteiger partial charge is 0.338 e. The fourth-order valence-corrected chi connectivity index (χ4v) is 4.57. The van der Waals surface area contributed by atoms with Gasteiger partial charge in [0.1, 0.15) is 17.3 Å². The molecule has 1 aromatic heterocycles. The molecular weight excluding hydrogens is 548 g/mol. The number of ether oxygens (including phenoxy) is 2. The number of carbonyl (C=O) groups excluding carboxylic acids is 2. The van der Waals surface area contributed by atoms with Crippen molar-refractivity contribution in [1.82, 2.24) is 16.1 Å². The van der Waals surface area contributed by atoms with Crippen molar-refractivity contribution in [2.24, 2.45) is 5.10 Å². The van der Waals surface area contributed by atoms with Gasteiger partial charge in [-0.2, -0.15) is 5.10 Å². The Bertz CT molecular complexity index is 1560. The average molecular weight is 577 g/mol. The molecule has 0 radical (unpaired) electrons. The Morgan fingerprint density at radius 2 is 1.90 bits per heavy atom. The molecule has 1 amide bonds. The van der Waals surface area contributed by atoms with Gasteiger partial charge in [-0.05, 0) is 62.8 Å². The maximum Gasteiger partial charge on any atom is 0.338 e. The Hall–Kier alpha value is -4.97. The molecule has 4 rings (SSSR count). The van der Waals surface area contributed by atoms with E-state index in [0.717, 1.165) is 0 Å². The zero-order chi connectivity index (χ0) is 29.5. The largest absolute Gasteiger partial charge is 0.483 e. The summed E-state index contributed by atoms with van der Waals surface area (Å²) >= 11 is 5.29. The topological polar surface area (TPSA) is 151 Å². The van der Waals surface area contributed by atoms with Crippen LogP contribution < -0.4 is 20.8 Å². The number of benzene rings is 2. The number of carboxylic acids is 1. The molecule has 1 aliphatic heterocycles. The van der Waals surface area contributed by atoms with Crippen LogP contribution in [0.4, 0.5) is 0 Å². The van der Waals surface area contributed by atoms with Gasteiger partial charge in [0.15, 0.2) is 11.7 Å². The van der Waals surface area contributed by atoms with Crippen LogP contribution >= 0.6 is 12.2 Å². The number of amides is 1. The summed E-state index contributed by atoms with van der Waals surface area (Å²) in [5, 5.41) is 19.6.